The predicted molar refractivity (Wildman–Crippen MR) is 60.8 cm³/mol. The van der Waals surface area contributed by atoms with Crippen LogP contribution in [0.1, 0.15) is 5.69 Å². The third-order valence-electron chi connectivity index (χ3n) is 2.37. The number of aliphatic hydroxyl groups is 1. The third-order valence-corrected chi connectivity index (χ3v) is 2.37. The lowest BCUT2D eigenvalue weighted by Crippen LogP contribution is -2.05. The lowest BCUT2D eigenvalue weighted by atomic mass is 10.2. The summed E-state index contributed by atoms with van der Waals surface area (Å²) >= 11 is 0. The Bertz CT molecular complexity index is 550. The van der Waals surface area contributed by atoms with Gasteiger partial charge in [-0.05, 0) is 0 Å². The monoisotopic (exact) mass is 272 g/mol. The highest BCUT2D eigenvalue weighted by atomic mass is 19.1. The van der Waals surface area contributed by atoms with Crippen LogP contribution in [0.25, 0.3) is 0 Å². The first-order valence-corrected chi connectivity index (χ1v) is 5.48. The number of hydrogen-bond donors (Lipinski definition) is 2. The van der Waals surface area contributed by atoms with Crippen molar-refractivity contribution in [1.82, 2.24) is 15.0 Å². The van der Waals surface area contributed by atoms with E-state index in [1.54, 1.807) is 0 Å². The van der Waals surface area contributed by atoms with Crippen LogP contribution in [0.15, 0.2) is 18.3 Å². The van der Waals surface area contributed by atoms with Crippen LogP contribution >= 0.6 is 0 Å². The van der Waals surface area contributed by atoms with E-state index in [0.717, 1.165) is 0 Å². The minimum Gasteiger partial charge on any atom is -0.394 e. The fourth-order valence-electron chi connectivity index (χ4n) is 1.52. The molecule has 0 atom stereocenters. The Hall–Kier alpha value is -2.09. The molecule has 1 aromatic carbocycles. The predicted octanol–water partition coefficient (Wildman–Crippen LogP) is 1.30. The summed E-state index contributed by atoms with van der Waals surface area (Å²) in [4.78, 5) is 0. The van der Waals surface area contributed by atoms with Crippen LogP contribution in [0.5, 0.6) is 0 Å². The van der Waals surface area contributed by atoms with Crippen LogP contribution in [0.4, 0.5) is 18.9 Å². The van der Waals surface area contributed by atoms with Gasteiger partial charge in [0.1, 0.15) is 17.2 Å². The second kappa shape index (κ2) is 5.70. The van der Waals surface area contributed by atoms with Crippen molar-refractivity contribution in [2.24, 2.45) is 0 Å². The van der Waals surface area contributed by atoms with Gasteiger partial charge in [-0.1, -0.05) is 5.21 Å². The molecule has 0 bridgehead atoms. The normalized spacial score (nSPS) is 10.7. The van der Waals surface area contributed by atoms with Gasteiger partial charge >= 0.3 is 0 Å². The van der Waals surface area contributed by atoms with Crippen molar-refractivity contribution in [2.45, 2.75) is 13.1 Å². The molecular formula is C11H11F3N4O. The van der Waals surface area contributed by atoms with Crippen molar-refractivity contribution in [1.29, 1.82) is 0 Å². The SMILES string of the molecule is OCCn1cc(CNc2c(F)cc(F)cc2F)nn1. The summed E-state index contributed by atoms with van der Waals surface area (Å²) in [7, 11) is 0. The standard InChI is InChI=1S/C11H11F3N4O/c12-7-3-9(13)11(10(14)4-7)15-5-8-6-18(1-2-19)17-16-8/h3-4,6,15,19H,1-2,5H2. The molecule has 2 aromatic rings. The Morgan fingerprint density at radius 1 is 1.21 bits per heavy atom. The summed E-state index contributed by atoms with van der Waals surface area (Å²) in [6, 6.07) is 1.18. The highest BCUT2D eigenvalue weighted by Crippen LogP contribution is 2.20. The first-order valence-electron chi connectivity index (χ1n) is 5.48. The molecule has 2 N–H and O–H groups in total. The van der Waals surface area contributed by atoms with Crippen molar-refractivity contribution >= 4 is 5.69 Å². The third kappa shape index (κ3) is 3.22. The number of hydrogen-bond acceptors (Lipinski definition) is 4. The topological polar surface area (TPSA) is 63.0 Å². The maximum Gasteiger partial charge on any atom is 0.152 e. The minimum absolute atomic E-state index is 0.0326. The van der Waals surface area contributed by atoms with Crippen LogP contribution in [0.2, 0.25) is 0 Å². The highest BCUT2D eigenvalue weighted by Gasteiger charge is 2.11. The second-order valence-corrected chi connectivity index (χ2v) is 3.79. The molecule has 0 unspecified atom stereocenters. The molecular weight excluding hydrogens is 261 g/mol. The van der Waals surface area contributed by atoms with Crippen molar-refractivity contribution in [3.63, 3.8) is 0 Å². The molecule has 102 valence electrons. The maximum absolute atomic E-state index is 13.3. The molecule has 0 spiro atoms. The van der Waals surface area contributed by atoms with E-state index in [1.165, 1.54) is 10.9 Å². The van der Waals surface area contributed by atoms with Crippen LogP contribution in [-0.2, 0) is 13.1 Å². The molecule has 0 aliphatic heterocycles. The number of aromatic nitrogens is 3. The first kappa shape index (κ1) is 13.3. The van der Waals surface area contributed by atoms with Gasteiger partial charge < -0.3 is 10.4 Å². The summed E-state index contributed by atoms with van der Waals surface area (Å²) in [5, 5.41) is 18.6. The van der Waals surface area contributed by atoms with Crippen molar-refractivity contribution in [3.05, 3.63) is 41.5 Å². The molecule has 1 heterocycles. The van der Waals surface area contributed by atoms with Gasteiger partial charge in [0.25, 0.3) is 0 Å². The van der Waals surface area contributed by atoms with Gasteiger partial charge in [-0.2, -0.15) is 0 Å². The summed E-state index contributed by atoms with van der Waals surface area (Å²) < 4.78 is 40.7. The molecule has 0 aliphatic rings. The molecule has 0 radical (unpaired) electrons. The molecule has 5 nitrogen and oxygen atoms in total. The summed E-state index contributed by atoms with van der Waals surface area (Å²) in [5.74, 6) is -3.00. The number of halogens is 3. The molecule has 8 heteroatoms. The van der Waals surface area contributed by atoms with E-state index >= 15 is 0 Å². The minimum atomic E-state index is -1.01. The average molecular weight is 272 g/mol. The lowest BCUT2D eigenvalue weighted by Gasteiger charge is -2.06. The summed E-state index contributed by atoms with van der Waals surface area (Å²) in [6.45, 7) is 0.231. The maximum atomic E-state index is 13.3. The van der Waals surface area contributed by atoms with E-state index in [0.29, 0.717) is 17.8 Å². The van der Waals surface area contributed by atoms with Gasteiger partial charge in [0.2, 0.25) is 0 Å². The molecule has 0 fully saturated rings. The number of benzene rings is 1. The zero-order chi connectivity index (χ0) is 13.8. The van der Waals surface area contributed by atoms with Crippen molar-refractivity contribution in [2.75, 3.05) is 11.9 Å². The molecule has 1 aromatic heterocycles. The van der Waals surface area contributed by atoms with Gasteiger partial charge in [0.05, 0.1) is 25.9 Å². The van der Waals surface area contributed by atoms with E-state index < -0.39 is 23.1 Å². The second-order valence-electron chi connectivity index (χ2n) is 3.79. The smallest absolute Gasteiger partial charge is 0.152 e. The fourth-order valence-corrected chi connectivity index (χ4v) is 1.52. The van der Waals surface area contributed by atoms with Crippen molar-refractivity contribution < 1.29 is 18.3 Å². The average Bonchev–Trinajstić information content (AvgIpc) is 2.76. The quantitative estimate of drug-likeness (QED) is 0.861. The lowest BCUT2D eigenvalue weighted by molar-refractivity contribution is 0.268. The highest BCUT2D eigenvalue weighted by molar-refractivity contribution is 5.46. The van der Waals surface area contributed by atoms with E-state index in [4.69, 9.17) is 5.11 Å². The van der Waals surface area contributed by atoms with Crippen LogP contribution in [-0.4, -0.2) is 26.7 Å². The molecule has 0 saturated carbocycles. The number of rotatable bonds is 5. The Kier molecular flexibility index (Phi) is 4.00. The largest absolute Gasteiger partial charge is 0.394 e. The number of nitrogens with one attached hydrogen (secondary N) is 1. The van der Waals surface area contributed by atoms with Crippen LogP contribution in [0, 0.1) is 17.5 Å². The number of nitrogens with zero attached hydrogens (tertiary/aromatic N) is 3. The Morgan fingerprint density at radius 3 is 2.53 bits per heavy atom. The first-order chi connectivity index (χ1) is 9.10. The zero-order valence-corrected chi connectivity index (χ0v) is 9.78. The van der Waals surface area contributed by atoms with Gasteiger partial charge in [0.15, 0.2) is 11.6 Å². The molecule has 0 amide bonds. The molecule has 0 aliphatic carbocycles. The van der Waals surface area contributed by atoms with Gasteiger partial charge in [-0.15, -0.1) is 5.10 Å². The van der Waals surface area contributed by atoms with Gasteiger partial charge in [-0.3, -0.25) is 0 Å². The van der Waals surface area contributed by atoms with E-state index in [-0.39, 0.29) is 19.7 Å². The van der Waals surface area contributed by atoms with Crippen LogP contribution < -0.4 is 5.32 Å². The number of anilines is 1. The van der Waals surface area contributed by atoms with Crippen LogP contribution in [0.3, 0.4) is 0 Å². The Morgan fingerprint density at radius 2 is 1.89 bits per heavy atom. The molecule has 19 heavy (non-hydrogen) atoms. The summed E-state index contributed by atoms with van der Waals surface area (Å²) in [5.41, 5.74) is 0.0229. The van der Waals surface area contributed by atoms with E-state index in [9.17, 15) is 13.2 Å². The Balaban J connectivity index is 2.05. The van der Waals surface area contributed by atoms with Crippen molar-refractivity contribution in [3.8, 4) is 0 Å². The van der Waals surface area contributed by atoms with E-state index in [2.05, 4.69) is 15.6 Å². The fraction of sp³-hybridized carbons (Fsp3) is 0.273. The van der Waals surface area contributed by atoms with E-state index in [1.807, 2.05) is 0 Å². The Labute approximate surface area is 106 Å². The summed E-state index contributed by atoms with van der Waals surface area (Å²) in [6.07, 6.45) is 1.53. The molecule has 0 saturated heterocycles. The van der Waals surface area contributed by atoms with Gasteiger partial charge in [0, 0.05) is 12.1 Å². The number of aliphatic hydroxyl groups excluding tert-OH is 1. The molecule has 2 rings (SSSR count). The van der Waals surface area contributed by atoms with Gasteiger partial charge in [-0.25, -0.2) is 17.9 Å². The zero-order valence-electron chi connectivity index (χ0n) is 9.78.